The van der Waals surface area contributed by atoms with Crippen LogP contribution in [0.2, 0.25) is 0 Å². The van der Waals surface area contributed by atoms with E-state index in [2.05, 4.69) is 15.9 Å². The summed E-state index contributed by atoms with van der Waals surface area (Å²) in [7, 11) is 0. The summed E-state index contributed by atoms with van der Waals surface area (Å²) in [5.74, 6) is 0.0736. The monoisotopic (exact) mass is 308 g/mol. The van der Waals surface area contributed by atoms with Crippen molar-refractivity contribution in [3.63, 3.8) is 0 Å². The van der Waals surface area contributed by atoms with Crippen LogP contribution in [0, 0.1) is 12.3 Å². The van der Waals surface area contributed by atoms with Gasteiger partial charge in [0, 0.05) is 43.7 Å². The molecule has 1 aromatic heterocycles. The zero-order chi connectivity index (χ0) is 16.6. The first-order valence-electron chi connectivity index (χ1n) is 6.68. The lowest BCUT2D eigenvalue weighted by atomic mass is 10.2. The van der Waals surface area contributed by atoms with Crippen molar-refractivity contribution in [2.24, 2.45) is 0 Å². The molecule has 0 fully saturated rings. The number of terminal acetylenes is 1. The number of nitrogens with zero attached hydrogens (tertiary/aromatic N) is 1. The molecule has 0 radical (unpaired) electrons. The van der Waals surface area contributed by atoms with Gasteiger partial charge in [-0.15, -0.1) is 12.3 Å². The number of unbranched alkanes of at least 4 members (excludes halogenated alkanes) is 1. The maximum absolute atomic E-state index is 9.55. The van der Waals surface area contributed by atoms with Gasteiger partial charge in [-0.25, -0.2) is 14.6 Å². The number of H-pyrrole nitrogens is 1. The second kappa shape index (κ2) is 13.4. The molecule has 1 aromatic rings. The minimum absolute atomic E-state index is 0.558. The van der Waals surface area contributed by atoms with Crippen molar-refractivity contribution < 1.29 is 24.5 Å². The molecule has 120 valence electrons. The number of aromatic nitrogens is 2. The average molecular weight is 308 g/mol. The number of hydrogen-bond donors (Lipinski definition) is 3. The molecule has 0 aromatic carbocycles. The van der Waals surface area contributed by atoms with Gasteiger partial charge in [-0.1, -0.05) is 0 Å². The SMILES string of the molecule is C#CCCCOCCCc1cnc[nH]1.O=C(O)/C=C\C(=O)O. The number of rotatable bonds is 9. The first-order chi connectivity index (χ1) is 10.6. The molecule has 0 atom stereocenters. The quantitative estimate of drug-likeness (QED) is 0.362. The third-order valence-electron chi connectivity index (χ3n) is 2.27. The van der Waals surface area contributed by atoms with Crippen LogP contribution < -0.4 is 0 Å². The van der Waals surface area contributed by atoms with Crippen molar-refractivity contribution >= 4 is 11.9 Å². The van der Waals surface area contributed by atoms with Crippen molar-refractivity contribution in [3.8, 4) is 12.3 Å². The maximum Gasteiger partial charge on any atom is 0.328 e. The number of imidazole rings is 1. The van der Waals surface area contributed by atoms with Crippen molar-refractivity contribution in [2.75, 3.05) is 13.2 Å². The highest BCUT2D eigenvalue weighted by molar-refractivity contribution is 5.89. The van der Waals surface area contributed by atoms with Gasteiger partial charge in [0.2, 0.25) is 0 Å². The molecular weight excluding hydrogens is 288 g/mol. The third kappa shape index (κ3) is 13.8. The molecule has 7 heteroatoms. The van der Waals surface area contributed by atoms with Gasteiger partial charge in [0.1, 0.15) is 0 Å². The van der Waals surface area contributed by atoms with Crippen molar-refractivity contribution in [1.82, 2.24) is 9.97 Å². The van der Waals surface area contributed by atoms with Gasteiger partial charge in [0.05, 0.1) is 6.33 Å². The van der Waals surface area contributed by atoms with E-state index in [0.717, 1.165) is 44.6 Å². The summed E-state index contributed by atoms with van der Waals surface area (Å²) >= 11 is 0. The summed E-state index contributed by atoms with van der Waals surface area (Å²) in [6.45, 7) is 1.57. The van der Waals surface area contributed by atoms with Gasteiger partial charge >= 0.3 is 11.9 Å². The second-order valence-corrected chi connectivity index (χ2v) is 4.11. The van der Waals surface area contributed by atoms with Crippen LogP contribution in [0.3, 0.4) is 0 Å². The Morgan fingerprint density at radius 1 is 1.27 bits per heavy atom. The van der Waals surface area contributed by atoms with Crippen LogP contribution in [0.4, 0.5) is 0 Å². The van der Waals surface area contributed by atoms with Gasteiger partial charge in [-0.2, -0.15) is 0 Å². The van der Waals surface area contributed by atoms with Crippen LogP contribution in [-0.2, 0) is 20.7 Å². The Labute approximate surface area is 129 Å². The van der Waals surface area contributed by atoms with Crippen molar-refractivity contribution in [3.05, 3.63) is 30.4 Å². The molecule has 22 heavy (non-hydrogen) atoms. The summed E-state index contributed by atoms with van der Waals surface area (Å²) in [4.78, 5) is 26.1. The van der Waals surface area contributed by atoms with Crippen LogP contribution in [0.25, 0.3) is 0 Å². The van der Waals surface area contributed by atoms with Crippen LogP contribution in [0.1, 0.15) is 25.0 Å². The maximum atomic E-state index is 9.55. The molecule has 3 N–H and O–H groups in total. The second-order valence-electron chi connectivity index (χ2n) is 4.11. The fourth-order valence-electron chi connectivity index (χ4n) is 1.31. The Morgan fingerprint density at radius 2 is 1.91 bits per heavy atom. The zero-order valence-corrected chi connectivity index (χ0v) is 12.2. The summed E-state index contributed by atoms with van der Waals surface area (Å²) in [6.07, 6.45) is 13.6. The van der Waals surface area contributed by atoms with E-state index in [1.807, 2.05) is 6.20 Å². The van der Waals surface area contributed by atoms with E-state index >= 15 is 0 Å². The number of carboxylic acid groups (broad SMARTS) is 2. The van der Waals surface area contributed by atoms with Crippen molar-refractivity contribution in [2.45, 2.75) is 25.7 Å². The summed E-state index contributed by atoms with van der Waals surface area (Å²) < 4.78 is 5.40. The predicted octanol–water partition coefficient (Wildman–Crippen LogP) is 1.48. The van der Waals surface area contributed by atoms with Crippen LogP contribution in [0.15, 0.2) is 24.7 Å². The zero-order valence-electron chi connectivity index (χ0n) is 12.2. The first kappa shape index (κ1) is 19.4. The number of aromatic amines is 1. The number of carbonyl (C=O) groups is 2. The molecule has 0 aliphatic carbocycles. The van der Waals surface area contributed by atoms with E-state index in [0.29, 0.717) is 12.2 Å². The van der Waals surface area contributed by atoms with Gasteiger partial charge in [0.15, 0.2) is 0 Å². The minimum atomic E-state index is -1.26. The Hall–Kier alpha value is -2.59. The minimum Gasteiger partial charge on any atom is -0.478 e. The number of aliphatic carboxylic acids is 2. The van der Waals surface area contributed by atoms with E-state index in [4.69, 9.17) is 21.4 Å². The van der Waals surface area contributed by atoms with E-state index in [-0.39, 0.29) is 0 Å². The molecule has 0 aliphatic heterocycles. The van der Waals surface area contributed by atoms with Gasteiger partial charge in [0.25, 0.3) is 0 Å². The molecule has 0 saturated carbocycles. The Balaban J connectivity index is 0.000000472. The predicted molar refractivity (Wildman–Crippen MR) is 80.2 cm³/mol. The molecule has 7 nitrogen and oxygen atoms in total. The standard InChI is InChI=1S/C11H16N2O.C4H4O4/c1-2-3-4-7-14-8-5-6-11-9-12-10-13-11;5-3(6)1-2-4(7)8/h1,9-10H,3-8H2,(H,12,13);1-2H,(H,5,6)(H,7,8)/b;2-1-. The molecule has 0 unspecified atom stereocenters. The Morgan fingerprint density at radius 3 is 2.41 bits per heavy atom. The van der Waals surface area contributed by atoms with E-state index in [9.17, 15) is 9.59 Å². The fraction of sp³-hybridized carbons (Fsp3) is 0.400. The smallest absolute Gasteiger partial charge is 0.328 e. The molecule has 0 bridgehead atoms. The largest absolute Gasteiger partial charge is 0.478 e. The van der Waals surface area contributed by atoms with Crippen LogP contribution in [0.5, 0.6) is 0 Å². The Kier molecular flexibility index (Phi) is 11.8. The summed E-state index contributed by atoms with van der Waals surface area (Å²) in [5, 5.41) is 15.6. The highest BCUT2D eigenvalue weighted by Gasteiger charge is 1.93. The van der Waals surface area contributed by atoms with Crippen molar-refractivity contribution in [1.29, 1.82) is 0 Å². The molecule has 0 saturated heterocycles. The lowest BCUT2D eigenvalue weighted by molar-refractivity contribution is -0.134. The average Bonchev–Trinajstić information content (AvgIpc) is 2.98. The third-order valence-corrected chi connectivity index (χ3v) is 2.27. The van der Waals surface area contributed by atoms with E-state index in [1.165, 1.54) is 0 Å². The highest BCUT2D eigenvalue weighted by atomic mass is 16.5. The molecule has 1 heterocycles. The normalized spacial score (nSPS) is 9.77. The molecule has 1 rings (SSSR count). The van der Waals surface area contributed by atoms with Gasteiger partial charge in [-0.3, -0.25) is 0 Å². The van der Waals surface area contributed by atoms with E-state index < -0.39 is 11.9 Å². The molecular formula is C15H20N2O5. The van der Waals surface area contributed by atoms with Crippen LogP contribution in [-0.4, -0.2) is 45.3 Å². The number of ether oxygens (including phenoxy) is 1. The Bertz CT molecular complexity index is 473. The number of hydrogen-bond acceptors (Lipinski definition) is 4. The number of nitrogens with one attached hydrogen (secondary N) is 1. The lowest BCUT2D eigenvalue weighted by Crippen LogP contribution is -1.98. The molecule has 0 spiro atoms. The van der Waals surface area contributed by atoms with Crippen LogP contribution >= 0.6 is 0 Å². The number of carboxylic acids is 2. The first-order valence-corrected chi connectivity index (χ1v) is 6.68. The van der Waals surface area contributed by atoms with E-state index in [1.54, 1.807) is 6.33 Å². The lowest BCUT2D eigenvalue weighted by Gasteiger charge is -2.01. The number of aryl methyl sites for hydroxylation is 1. The fourth-order valence-corrected chi connectivity index (χ4v) is 1.31. The summed E-state index contributed by atoms with van der Waals surface area (Å²) in [5.41, 5.74) is 1.16. The summed E-state index contributed by atoms with van der Waals surface area (Å²) in [6, 6.07) is 0. The molecule has 0 amide bonds. The van der Waals surface area contributed by atoms with Gasteiger partial charge < -0.3 is 19.9 Å². The highest BCUT2D eigenvalue weighted by Crippen LogP contribution is 1.97. The van der Waals surface area contributed by atoms with Gasteiger partial charge in [-0.05, 0) is 19.3 Å². The molecule has 0 aliphatic rings. The topological polar surface area (TPSA) is 113 Å².